The lowest BCUT2D eigenvalue weighted by Crippen LogP contribution is -2.42. The van der Waals surface area contributed by atoms with Crippen LogP contribution in [0.1, 0.15) is 33.6 Å². The van der Waals surface area contributed by atoms with Crippen molar-refractivity contribution in [2.24, 2.45) is 0 Å². The molecule has 0 aromatic heterocycles. The minimum Gasteiger partial charge on any atom is -0.478 e. The molecule has 20 heavy (non-hydrogen) atoms. The van der Waals surface area contributed by atoms with Crippen molar-refractivity contribution in [3.63, 3.8) is 0 Å². The van der Waals surface area contributed by atoms with Gasteiger partial charge in [-0.05, 0) is 19.8 Å². The molecule has 112 valence electrons. The summed E-state index contributed by atoms with van der Waals surface area (Å²) >= 11 is 0. The van der Waals surface area contributed by atoms with Crippen LogP contribution in [0.25, 0.3) is 0 Å². The van der Waals surface area contributed by atoms with E-state index in [1.54, 1.807) is 0 Å². The molecule has 4 nitrogen and oxygen atoms in total. The molecule has 1 aromatic carbocycles. The van der Waals surface area contributed by atoms with Crippen LogP contribution in [0.3, 0.4) is 0 Å². The van der Waals surface area contributed by atoms with Crippen molar-refractivity contribution >= 4 is 11.6 Å². The maximum absolute atomic E-state index is 13.5. The molecule has 0 aliphatic carbocycles. The van der Waals surface area contributed by atoms with Gasteiger partial charge >= 0.3 is 0 Å². The van der Waals surface area contributed by atoms with Crippen molar-refractivity contribution in [2.45, 2.75) is 45.8 Å². The summed E-state index contributed by atoms with van der Waals surface area (Å²) in [6.45, 7) is 5.38. The fourth-order valence-corrected chi connectivity index (χ4v) is 1.69. The van der Waals surface area contributed by atoms with Crippen LogP contribution in [0.5, 0.6) is 5.75 Å². The third-order valence-corrected chi connectivity index (χ3v) is 3.06. The highest BCUT2D eigenvalue weighted by Crippen LogP contribution is 2.23. The number of nitrogens with one attached hydrogen (secondary N) is 1. The molecule has 1 unspecified atom stereocenters. The molecule has 0 heterocycles. The maximum atomic E-state index is 13.5. The molecule has 0 radical (unpaired) electrons. The topological polar surface area (TPSA) is 64.3 Å². The van der Waals surface area contributed by atoms with E-state index in [0.29, 0.717) is 0 Å². The largest absolute Gasteiger partial charge is 0.478 e. The normalized spacial score (nSPS) is 12.3. The van der Waals surface area contributed by atoms with Crippen LogP contribution in [0.2, 0.25) is 0 Å². The van der Waals surface area contributed by atoms with E-state index in [0.717, 1.165) is 25.0 Å². The van der Waals surface area contributed by atoms with Crippen LogP contribution in [0.4, 0.5) is 14.5 Å². The summed E-state index contributed by atoms with van der Waals surface area (Å²) in [7, 11) is 0. The summed E-state index contributed by atoms with van der Waals surface area (Å²) in [6, 6.07) is 1.71. The monoisotopic (exact) mass is 286 g/mol. The van der Waals surface area contributed by atoms with Gasteiger partial charge in [-0.3, -0.25) is 4.79 Å². The Morgan fingerprint density at radius 1 is 1.30 bits per heavy atom. The van der Waals surface area contributed by atoms with Crippen molar-refractivity contribution < 1.29 is 18.3 Å². The second kappa shape index (κ2) is 7.07. The molecule has 1 atom stereocenters. The zero-order chi connectivity index (χ0) is 15.3. The van der Waals surface area contributed by atoms with E-state index in [1.807, 2.05) is 13.8 Å². The molecule has 0 aliphatic rings. The van der Waals surface area contributed by atoms with E-state index in [4.69, 9.17) is 10.5 Å². The maximum Gasteiger partial charge on any atom is 0.260 e. The van der Waals surface area contributed by atoms with Crippen molar-refractivity contribution in [1.82, 2.24) is 5.32 Å². The van der Waals surface area contributed by atoms with E-state index in [1.165, 1.54) is 6.92 Å². The Labute approximate surface area is 117 Å². The van der Waals surface area contributed by atoms with Crippen molar-refractivity contribution in [1.29, 1.82) is 0 Å². The van der Waals surface area contributed by atoms with Gasteiger partial charge in [-0.25, -0.2) is 8.78 Å². The molecule has 3 N–H and O–H groups in total. The average molecular weight is 286 g/mol. The Kier molecular flexibility index (Phi) is 5.73. The van der Waals surface area contributed by atoms with E-state index >= 15 is 0 Å². The summed E-state index contributed by atoms with van der Waals surface area (Å²) in [5, 5.41) is 2.78. The van der Waals surface area contributed by atoms with Gasteiger partial charge < -0.3 is 15.8 Å². The second-order valence-corrected chi connectivity index (χ2v) is 4.59. The van der Waals surface area contributed by atoms with Gasteiger partial charge in [0.2, 0.25) is 0 Å². The molecule has 0 saturated carbocycles. The summed E-state index contributed by atoms with van der Waals surface area (Å²) < 4.78 is 32.0. The van der Waals surface area contributed by atoms with Gasteiger partial charge in [-0.2, -0.15) is 0 Å². The first-order valence-corrected chi connectivity index (χ1v) is 6.60. The van der Waals surface area contributed by atoms with Gasteiger partial charge in [-0.1, -0.05) is 13.8 Å². The quantitative estimate of drug-likeness (QED) is 0.790. The molecular formula is C14H20F2N2O2. The van der Waals surface area contributed by atoms with Crippen molar-refractivity contribution in [3.8, 4) is 5.75 Å². The Bertz CT molecular complexity index is 476. The number of benzene rings is 1. The zero-order valence-electron chi connectivity index (χ0n) is 11.9. The molecule has 0 fully saturated rings. The Morgan fingerprint density at radius 2 is 1.90 bits per heavy atom. The van der Waals surface area contributed by atoms with Crippen LogP contribution >= 0.6 is 0 Å². The molecule has 1 rings (SSSR count). The van der Waals surface area contributed by atoms with Crippen LogP contribution in [-0.2, 0) is 4.79 Å². The summed E-state index contributed by atoms with van der Waals surface area (Å²) in [4.78, 5) is 11.9. The van der Waals surface area contributed by atoms with Crippen LogP contribution < -0.4 is 15.8 Å². The number of anilines is 1. The Balaban J connectivity index is 2.73. The number of hydrogen-bond donors (Lipinski definition) is 2. The van der Waals surface area contributed by atoms with E-state index < -0.39 is 17.7 Å². The number of halogens is 2. The Hall–Kier alpha value is -1.85. The smallest absolute Gasteiger partial charge is 0.260 e. The zero-order valence-corrected chi connectivity index (χ0v) is 11.9. The molecular weight excluding hydrogens is 266 g/mol. The molecule has 6 heteroatoms. The predicted molar refractivity (Wildman–Crippen MR) is 73.4 cm³/mol. The fraction of sp³-hybridized carbons (Fsp3) is 0.500. The molecule has 0 aliphatic heterocycles. The Morgan fingerprint density at radius 3 is 2.45 bits per heavy atom. The summed E-state index contributed by atoms with van der Waals surface area (Å²) in [5.74, 6) is -2.28. The van der Waals surface area contributed by atoms with E-state index in [-0.39, 0.29) is 23.4 Å². The average Bonchev–Trinajstić information content (AvgIpc) is 2.41. The minimum absolute atomic E-state index is 0.0431. The molecule has 1 aromatic rings. The number of rotatable bonds is 6. The first-order chi connectivity index (χ1) is 9.38. The highest BCUT2D eigenvalue weighted by Gasteiger charge is 2.19. The first kappa shape index (κ1) is 16.2. The lowest BCUT2D eigenvalue weighted by molar-refractivity contribution is -0.128. The van der Waals surface area contributed by atoms with Gasteiger partial charge in [0.15, 0.2) is 17.7 Å². The first-order valence-electron chi connectivity index (χ1n) is 6.60. The van der Waals surface area contributed by atoms with Gasteiger partial charge in [0, 0.05) is 18.2 Å². The molecule has 0 spiro atoms. The van der Waals surface area contributed by atoms with Crippen molar-refractivity contribution in [2.75, 3.05) is 5.73 Å². The SMILES string of the molecule is CCC(CC)NC(=O)C(C)Oc1cc(F)c(N)cc1F. The summed E-state index contributed by atoms with van der Waals surface area (Å²) in [6.07, 6.45) is 0.660. The second-order valence-electron chi connectivity index (χ2n) is 4.59. The van der Waals surface area contributed by atoms with Gasteiger partial charge in [0.05, 0.1) is 5.69 Å². The fourth-order valence-electron chi connectivity index (χ4n) is 1.69. The summed E-state index contributed by atoms with van der Waals surface area (Å²) in [5.41, 5.74) is 4.93. The van der Waals surface area contributed by atoms with Gasteiger partial charge in [-0.15, -0.1) is 0 Å². The number of ether oxygens (including phenoxy) is 1. The number of amides is 1. The molecule has 0 bridgehead atoms. The minimum atomic E-state index is -0.923. The third-order valence-electron chi connectivity index (χ3n) is 3.06. The van der Waals surface area contributed by atoms with Crippen LogP contribution in [-0.4, -0.2) is 18.1 Å². The van der Waals surface area contributed by atoms with Gasteiger partial charge in [0.25, 0.3) is 5.91 Å². The molecule has 0 saturated heterocycles. The molecule has 1 amide bonds. The number of hydrogen-bond acceptors (Lipinski definition) is 3. The van der Waals surface area contributed by atoms with Crippen LogP contribution in [0.15, 0.2) is 12.1 Å². The lowest BCUT2D eigenvalue weighted by Gasteiger charge is -2.19. The lowest BCUT2D eigenvalue weighted by atomic mass is 10.1. The highest BCUT2D eigenvalue weighted by atomic mass is 19.1. The third kappa shape index (κ3) is 4.08. The number of carbonyl (C=O) groups is 1. The predicted octanol–water partition coefficient (Wildman–Crippen LogP) is 2.62. The number of carbonyl (C=O) groups excluding carboxylic acids is 1. The highest BCUT2D eigenvalue weighted by molar-refractivity contribution is 5.81. The van der Waals surface area contributed by atoms with Crippen molar-refractivity contribution in [3.05, 3.63) is 23.8 Å². The van der Waals surface area contributed by atoms with Gasteiger partial charge in [0.1, 0.15) is 5.82 Å². The van der Waals surface area contributed by atoms with Crippen LogP contribution in [0, 0.1) is 11.6 Å². The van der Waals surface area contributed by atoms with E-state index in [2.05, 4.69) is 5.32 Å². The number of nitrogen functional groups attached to an aromatic ring is 1. The van der Waals surface area contributed by atoms with E-state index in [9.17, 15) is 13.6 Å². The number of nitrogens with two attached hydrogens (primary N) is 1. The standard InChI is InChI=1S/C14H20F2N2O2/c1-4-9(5-2)18-14(19)8(3)20-13-7-10(15)12(17)6-11(13)16/h6-9H,4-5,17H2,1-3H3,(H,18,19).